The molecule has 0 aliphatic heterocycles. The largest absolute Gasteiger partial charge is 0.416 e. The van der Waals surface area contributed by atoms with Crippen LogP contribution in [0.3, 0.4) is 0 Å². The van der Waals surface area contributed by atoms with E-state index in [0.717, 1.165) is 40.7 Å². The minimum absolute atomic E-state index is 0.604. The third-order valence-corrected chi connectivity index (χ3v) is 3.89. The summed E-state index contributed by atoms with van der Waals surface area (Å²) in [6, 6.07) is 13.5. The summed E-state index contributed by atoms with van der Waals surface area (Å²) in [4.78, 5) is 0. The van der Waals surface area contributed by atoms with Gasteiger partial charge >= 0.3 is 6.18 Å². The highest BCUT2D eigenvalue weighted by atomic mass is 19.4. The molecule has 1 heterocycles. The monoisotopic (exact) mass is 303 g/mol. The zero-order chi connectivity index (χ0) is 15.7. The molecular formula is C18H16F3N. The summed E-state index contributed by atoms with van der Waals surface area (Å²) in [6.07, 6.45) is -1.56. The molecule has 1 nitrogen and oxygen atoms in total. The third kappa shape index (κ3) is 2.73. The highest BCUT2D eigenvalue weighted by Crippen LogP contribution is 2.30. The lowest BCUT2D eigenvalue weighted by Crippen LogP contribution is -2.04. The van der Waals surface area contributed by atoms with E-state index >= 15 is 0 Å². The van der Waals surface area contributed by atoms with Crippen LogP contribution in [0.5, 0.6) is 0 Å². The van der Waals surface area contributed by atoms with Gasteiger partial charge in [-0.25, -0.2) is 0 Å². The molecule has 0 aliphatic rings. The number of fused-ring (bicyclic) bond motifs is 1. The number of aryl methyl sites for hydroxylation is 1. The number of nitrogens with zero attached hydrogens (tertiary/aromatic N) is 1. The van der Waals surface area contributed by atoms with E-state index < -0.39 is 11.7 Å². The van der Waals surface area contributed by atoms with Crippen LogP contribution in [0, 0.1) is 0 Å². The number of aromatic nitrogens is 1. The van der Waals surface area contributed by atoms with Gasteiger partial charge in [-0.3, -0.25) is 0 Å². The molecular weight excluding hydrogens is 287 g/mol. The van der Waals surface area contributed by atoms with Crippen molar-refractivity contribution in [3.63, 3.8) is 0 Å². The first-order chi connectivity index (χ1) is 10.5. The van der Waals surface area contributed by atoms with Crippen molar-refractivity contribution in [2.24, 2.45) is 0 Å². The van der Waals surface area contributed by atoms with Crippen molar-refractivity contribution in [3.05, 3.63) is 71.4 Å². The summed E-state index contributed by atoms with van der Waals surface area (Å²) in [5.74, 6) is 0. The second kappa shape index (κ2) is 5.52. The lowest BCUT2D eigenvalue weighted by atomic mass is 10.0. The third-order valence-electron chi connectivity index (χ3n) is 3.89. The first-order valence-electron chi connectivity index (χ1n) is 7.22. The summed E-state index contributed by atoms with van der Waals surface area (Å²) >= 11 is 0. The van der Waals surface area contributed by atoms with Crippen LogP contribution in [0.4, 0.5) is 13.2 Å². The van der Waals surface area contributed by atoms with Gasteiger partial charge in [0.2, 0.25) is 0 Å². The highest BCUT2D eigenvalue weighted by molar-refractivity contribution is 5.84. The van der Waals surface area contributed by atoms with Crippen LogP contribution in [0.15, 0.2) is 54.7 Å². The van der Waals surface area contributed by atoms with E-state index in [0.29, 0.717) is 6.42 Å². The molecule has 0 spiro atoms. The Morgan fingerprint density at radius 3 is 2.27 bits per heavy atom. The molecule has 3 rings (SSSR count). The summed E-state index contributed by atoms with van der Waals surface area (Å²) in [5.41, 5.74) is 2.57. The molecule has 3 aromatic rings. The summed E-state index contributed by atoms with van der Waals surface area (Å²) in [5, 5.41) is 1.16. The summed E-state index contributed by atoms with van der Waals surface area (Å²) < 4.78 is 40.0. The molecule has 0 saturated carbocycles. The fraction of sp³-hybridized carbons (Fsp3) is 0.222. The smallest absolute Gasteiger partial charge is 0.347 e. The van der Waals surface area contributed by atoms with Gasteiger partial charge in [0.15, 0.2) is 0 Å². The standard InChI is InChI=1S/C18H16F3N/c1-2-22-12-14(16-5-3-4-6-17(16)22)11-13-7-9-15(10-8-13)18(19,20)21/h3-10,12H,2,11H2,1H3. The van der Waals surface area contributed by atoms with Gasteiger partial charge in [0.1, 0.15) is 0 Å². The fourth-order valence-electron chi connectivity index (χ4n) is 2.76. The number of alkyl halides is 3. The minimum Gasteiger partial charge on any atom is -0.347 e. The molecule has 0 radical (unpaired) electrons. The van der Waals surface area contributed by atoms with Gasteiger partial charge in [-0.1, -0.05) is 30.3 Å². The number of rotatable bonds is 3. The average Bonchev–Trinajstić information content (AvgIpc) is 2.85. The number of benzene rings is 2. The Morgan fingerprint density at radius 1 is 0.955 bits per heavy atom. The Hall–Kier alpha value is -2.23. The Morgan fingerprint density at radius 2 is 1.64 bits per heavy atom. The van der Waals surface area contributed by atoms with Gasteiger partial charge in [-0.2, -0.15) is 13.2 Å². The highest BCUT2D eigenvalue weighted by Gasteiger charge is 2.29. The van der Waals surface area contributed by atoms with Crippen LogP contribution in [-0.4, -0.2) is 4.57 Å². The van der Waals surface area contributed by atoms with Crippen LogP contribution in [0.25, 0.3) is 10.9 Å². The Kier molecular flexibility index (Phi) is 3.69. The topological polar surface area (TPSA) is 4.93 Å². The Balaban J connectivity index is 1.93. The fourth-order valence-corrected chi connectivity index (χ4v) is 2.76. The molecule has 0 N–H and O–H groups in total. The van der Waals surface area contributed by atoms with Crippen LogP contribution in [0.1, 0.15) is 23.6 Å². The van der Waals surface area contributed by atoms with Crippen LogP contribution < -0.4 is 0 Å². The van der Waals surface area contributed by atoms with Crippen molar-refractivity contribution < 1.29 is 13.2 Å². The maximum Gasteiger partial charge on any atom is 0.416 e. The zero-order valence-electron chi connectivity index (χ0n) is 12.2. The first kappa shape index (κ1) is 14.7. The van der Waals surface area contributed by atoms with Gasteiger partial charge in [-0.15, -0.1) is 0 Å². The van der Waals surface area contributed by atoms with Gasteiger partial charge in [0, 0.05) is 23.6 Å². The lowest BCUT2D eigenvalue weighted by molar-refractivity contribution is -0.137. The predicted octanol–water partition coefficient (Wildman–Crippen LogP) is 5.27. The van der Waals surface area contributed by atoms with Crippen LogP contribution >= 0.6 is 0 Å². The summed E-state index contributed by atoms with van der Waals surface area (Å²) in [7, 11) is 0. The Labute approximate surface area is 127 Å². The average molecular weight is 303 g/mol. The molecule has 114 valence electrons. The SMILES string of the molecule is CCn1cc(Cc2ccc(C(F)(F)F)cc2)c2ccccc21. The molecule has 0 atom stereocenters. The molecule has 0 amide bonds. The van der Waals surface area contributed by atoms with E-state index in [4.69, 9.17) is 0 Å². The minimum atomic E-state index is -4.28. The van der Waals surface area contributed by atoms with E-state index in [1.165, 1.54) is 0 Å². The van der Waals surface area contributed by atoms with Crippen molar-refractivity contribution >= 4 is 10.9 Å². The number of para-hydroxylation sites is 1. The maximum atomic E-state index is 12.6. The van der Waals surface area contributed by atoms with Crippen molar-refractivity contribution in [1.29, 1.82) is 0 Å². The van der Waals surface area contributed by atoms with Crippen molar-refractivity contribution in [1.82, 2.24) is 4.57 Å². The maximum absolute atomic E-state index is 12.6. The number of hydrogen-bond acceptors (Lipinski definition) is 0. The first-order valence-corrected chi connectivity index (χ1v) is 7.22. The second-order valence-electron chi connectivity index (χ2n) is 5.33. The predicted molar refractivity (Wildman–Crippen MR) is 81.9 cm³/mol. The molecule has 0 fully saturated rings. The number of hydrogen-bond donors (Lipinski definition) is 0. The molecule has 1 aromatic heterocycles. The molecule has 22 heavy (non-hydrogen) atoms. The van der Waals surface area contributed by atoms with Gasteiger partial charge < -0.3 is 4.57 Å². The van der Waals surface area contributed by atoms with Gasteiger partial charge in [0.25, 0.3) is 0 Å². The molecule has 0 unspecified atom stereocenters. The summed E-state index contributed by atoms with van der Waals surface area (Å²) in [6.45, 7) is 2.95. The normalized spacial score (nSPS) is 12.0. The molecule has 2 aromatic carbocycles. The van der Waals surface area contributed by atoms with Crippen molar-refractivity contribution in [2.75, 3.05) is 0 Å². The quantitative estimate of drug-likeness (QED) is 0.621. The van der Waals surface area contributed by atoms with Crippen molar-refractivity contribution in [3.8, 4) is 0 Å². The van der Waals surface area contributed by atoms with Crippen molar-refractivity contribution in [2.45, 2.75) is 26.1 Å². The van der Waals surface area contributed by atoms with E-state index in [1.807, 2.05) is 12.1 Å². The molecule has 0 bridgehead atoms. The van der Waals surface area contributed by atoms with E-state index in [-0.39, 0.29) is 0 Å². The zero-order valence-corrected chi connectivity index (χ0v) is 12.2. The molecule has 0 saturated heterocycles. The molecule has 4 heteroatoms. The van der Waals surface area contributed by atoms with Gasteiger partial charge in [0.05, 0.1) is 5.56 Å². The van der Waals surface area contributed by atoms with Gasteiger partial charge in [-0.05, 0) is 42.7 Å². The Bertz CT molecular complexity index is 782. The second-order valence-corrected chi connectivity index (χ2v) is 5.33. The van der Waals surface area contributed by atoms with Crippen LogP contribution in [-0.2, 0) is 19.1 Å². The van der Waals surface area contributed by atoms with E-state index in [9.17, 15) is 13.2 Å². The van der Waals surface area contributed by atoms with E-state index in [2.05, 4.69) is 29.8 Å². The van der Waals surface area contributed by atoms with E-state index in [1.54, 1.807) is 12.1 Å². The molecule has 0 aliphatic carbocycles. The van der Waals surface area contributed by atoms with Crippen LogP contribution in [0.2, 0.25) is 0 Å². The number of halogens is 3. The lowest BCUT2D eigenvalue weighted by Gasteiger charge is -2.07.